The van der Waals surface area contributed by atoms with Gasteiger partial charge in [0.1, 0.15) is 0 Å². The second-order valence-corrected chi connectivity index (χ2v) is 4.01. The van der Waals surface area contributed by atoms with Gasteiger partial charge in [0.25, 0.3) is 0 Å². The lowest BCUT2D eigenvalue weighted by molar-refractivity contribution is -0.146. The third-order valence-electron chi connectivity index (χ3n) is 2.12. The highest BCUT2D eigenvalue weighted by molar-refractivity contribution is 9.10. The van der Waals surface area contributed by atoms with Crippen molar-refractivity contribution in [1.29, 1.82) is 0 Å². The van der Waals surface area contributed by atoms with Crippen LogP contribution >= 0.6 is 15.9 Å². The SMILES string of the molecule is CCn1nc(C)c(Br)c1CC(O)C(=O)O. The third kappa shape index (κ3) is 2.57. The molecule has 15 heavy (non-hydrogen) atoms. The lowest BCUT2D eigenvalue weighted by Crippen LogP contribution is -2.23. The van der Waals surface area contributed by atoms with E-state index in [0.29, 0.717) is 12.2 Å². The average molecular weight is 277 g/mol. The molecule has 2 N–H and O–H groups in total. The van der Waals surface area contributed by atoms with Crippen molar-refractivity contribution in [2.45, 2.75) is 32.9 Å². The van der Waals surface area contributed by atoms with E-state index in [9.17, 15) is 9.90 Å². The topological polar surface area (TPSA) is 75.3 Å². The van der Waals surface area contributed by atoms with Gasteiger partial charge in [-0.05, 0) is 29.8 Å². The molecular weight excluding hydrogens is 264 g/mol. The number of hydrogen-bond donors (Lipinski definition) is 2. The fourth-order valence-corrected chi connectivity index (χ4v) is 1.78. The summed E-state index contributed by atoms with van der Waals surface area (Å²) in [6.45, 7) is 4.39. The smallest absolute Gasteiger partial charge is 0.332 e. The summed E-state index contributed by atoms with van der Waals surface area (Å²) in [6, 6.07) is 0. The molecule has 1 aromatic heterocycles. The molecule has 1 rings (SSSR count). The minimum absolute atomic E-state index is 0.0601. The normalized spacial score (nSPS) is 12.8. The number of hydrogen-bond acceptors (Lipinski definition) is 3. The number of aromatic nitrogens is 2. The number of aryl methyl sites for hydroxylation is 2. The Hall–Kier alpha value is -0.880. The van der Waals surface area contributed by atoms with Crippen LogP contribution in [0.4, 0.5) is 0 Å². The molecule has 0 aliphatic carbocycles. The largest absolute Gasteiger partial charge is 0.479 e. The van der Waals surface area contributed by atoms with E-state index in [0.717, 1.165) is 10.2 Å². The van der Waals surface area contributed by atoms with Crippen LogP contribution in [-0.4, -0.2) is 32.1 Å². The number of rotatable bonds is 4. The molecule has 0 fully saturated rings. The van der Waals surface area contributed by atoms with Crippen molar-refractivity contribution < 1.29 is 15.0 Å². The number of aliphatic carboxylic acids is 1. The summed E-state index contributed by atoms with van der Waals surface area (Å²) in [5.74, 6) is -1.22. The Bertz CT molecular complexity index is 376. The van der Waals surface area contributed by atoms with Gasteiger partial charge in [0.05, 0.1) is 15.9 Å². The van der Waals surface area contributed by atoms with E-state index in [1.165, 1.54) is 0 Å². The van der Waals surface area contributed by atoms with E-state index in [4.69, 9.17) is 5.11 Å². The lowest BCUT2D eigenvalue weighted by atomic mass is 10.2. The summed E-state index contributed by atoms with van der Waals surface area (Å²) in [6.07, 6.45) is -1.33. The van der Waals surface area contributed by atoms with Gasteiger partial charge in [-0.3, -0.25) is 4.68 Å². The van der Waals surface area contributed by atoms with Crippen LogP contribution in [-0.2, 0) is 17.8 Å². The monoisotopic (exact) mass is 276 g/mol. The molecule has 0 spiro atoms. The Kier molecular flexibility index (Phi) is 3.87. The number of carboxylic acid groups (broad SMARTS) is 1. The standard InChI is InChI=1S/C9H13BrN2O3/c1-3-12-6(4-7(13)9(14)15)8(10)5(2)11-12/h7,13H,3-4H2,1-2H3,(H,14,15). The fourth-order valence-electron chi connectivity index (χ4n) is 1.33. The number of aliphatic hydroxyl groups is 1. The number of carboxylic acids is 1. The van der Waals surface area contributed by atoms with Crippen molar-refractivity contribution in [2.75, 3.05) is 0 Å². The van der Waals surface area contributed by atoms with Crippen molar-refractivity contribution in [3.63, 3.8) is 0 Å². The molecule has 0 saturated heterocycles. The Balaban J connectivity index is 2.97. The summed E-state index contributed by atoms with van der Waals surface area (Å²) in [5.41, 5.74) is 1.51. The maximum atomic E-state index is 10.5. The molecule has 0 radical (unpaired) electrons. The molecule has 0 aliphatic rings. The van der Waals surface area contributed by atoms with E-state index in [1.54, 1.807) is 4.68 Å². The molecule has 1 atom stereocenters. The first-order valence-electron chi connectivity index (χ1n) is 4.60. The molecule has 0 saturated carbocycles. The molecular formula is C9H13BrN2O3. The Morgan fingerprint density at radius 2 is 2.27 bits per heavy atom. The highest BCUT2D eigenvalue weighted by Crippen LogP contribution is 2.22. The first kappa shape index (κ1) is 12.2. The minimum atomic E-state index is -1.39. The van der Waals surface area contributed by atoms with E-state index in [1.807, 2.05) is 13.8 Å². The van der Waals surface area contributed by atoms with Gasteiger partial charge in [0.15, 0.2) is 6.10 Å². The highest BCUT2D eigenvalue weighted by Gasteiger charge is 2.20. The van der Waals surface area contributed by atoms with Crippen LogP contribution in [0, 0.1) is 6.92 Å². The van der Waals surface area contributed by atoms with E-state index >= 15 is 0 Å². The van der Waals surface area contributed by atoms with Crippen molar-refractivity contribution in [3.05, 3.63) is 15.9 Å². The predicted molar refractivity (Wildman–Crippen MR) is 57.7 cm³/mol. The van der Waals surface area contributed by atoms with Crippen molar-refractivity contribution in [2.24, 2.45) is 0 Å². The zero-order valence-corrected chi connectivity index (χ0v) is 10.2. The van der Waals surface area contributed by atoms with Gasteiger partial charge in [-0.15, -0.1) is 0 Å². The lowest BCUT2D eigenvalue weighted by Gasteiger charge is -2.07. The van der Waals surface area contributed by atoms with Gasteiger partial charge in [-0.25, -0.2) is 4.79 Å². The van der Waals surface area contributed by atoms with Gasteiger partial charge in [-0.1, -0.05) is 0 Å². The summed E-state index contributed by atoms with van der Waals surface area (Å²) in [7, 11) is 0. The van der Waals surface area contributed by atoms with Crippen molar-refractivity contribution in [1.82, 2.24) is 9.78 Å². The molecule has 0 aromatic carbocycles. The maximum Gasteiger partial charge on any atom is 0.332 e. The second kappa shape index (κ2) is 4.76. The summed E-state index contributed by atoms with van der Waals surface area (Å²) in [4.78, 5) is 10.5. The van der Waals surface area contributed by atoms with Crippen LogP contribution in [0.2, 0.25) is 0 Å². The highest BCUT2D eigenvalue weighted by atomic mass is 79.9. The second-order valence-electron chi connectivity index (χ2n) is 3.22. The number of aliphatic hydroxyl groups excluding tert-OH is 1. The predicted octanol–water partition coefficient (Wildman–Crippen LogP) is 0.962. The molecule has 0 amide bonds. The minimum Gasteiger partial charge on any atom is -0.479 e. The van der Waals surface area contributed by atoms with Gasteiger partial charge >= 0.3 is 5.97 Å². The summed E-state index contributed by atoms with van der Waals surface area (Å²) >= 11 is 3.33. The number of halogens is 1. The van der Waals surface area contributed by atoms with Crippen LogP contribution in [0.5, 0.6) is 0 Å². The Morgan fingerprint density at radius 1 is 1.67 bits per heavy atom. The van der Waals surface area contributed by atoms with Gasteiger partial charge in [-0.2, -0.15) is 5.10 Å². The number of nitrogens with zero attached hydrogens (tertiary/aromatic N) is 2. The first-order valence-corrected chi connectivity index (χ1v) is 5.39. The van der Waals surface area contributed by atoms with Crippen LogP contribution in [0.25, 0.3) is 0 Å². The van der Waals surface area contributed by atoms with Crippen LogP contribution in [0.15, 0.2) is 4.47 Å². The van der Waals surface area contributed by atoms with Crippen molar-refractivity contribution >= 4 is 21.9 Å². The van der Waals surface area contributed by atoms with Crippen molar-refractivity contribution in [3.8, 4) is 0 Å². The summed E-state index contributed by atoms with van der Waals surface area (Å²) < 4.78 is 2.45. The molecule has 0 aliphatic heterocycles. The number of carbonyl (C=O) groups is 1. The third-order valence-corrected chi connectivity index (χ3v) is 3.16. The molecule has 0 bridgehead atoms. The van der Waals surface area contributed by atoms with Crippen LogP contribution < -0.4 is 0 Å². The average Bonchev–Trinajstić information content (AvgIpc) is 2.45. The molecule has 5 nitrogen and oxygen atoms in total. The Morgan fingerprint density at radius 3 is 2.73 bits per heavy atom. The molecule has 6 heteroatoms. The van der Waals surface area contributed by atoms with Gasteiger partial charge in [0.2, 0.25) is 0 Å². The fraction of sp³-hybridized carbons (Fsp3) is 0.556. The van der Waals surface area contributed by atoms with Crippen LogP contribution in [0.1, 0.15) is 18.3 Å². The zero-order chi connectivity index (χ0) is 11.6. The van der Waals surface area contributed by atoms with E-state index in [-0.39, 0.29) is 6.42 Å². The van der Waals surface area contributed by atoms with Crippen LogP contribution in [0.3, 0.4) is 0 Å². The van der Waals surface area contributed by atoms with E-state index in [2.05, 4.69) is 21.0 Å². The van der Waals surface area contributed by atoms with Gasteiger partial charge in [0, 0.05) is 13.0 Å². The Labute approximate surface area is 95.8 Å². The van der Waals surface area contributed by atoms with E-state index < -0.39 is 12.1 Å². The zero-order valence-electron chi connectivity index (χ0n) is 8.57. The molecule has 1 aromatic rings. The first-order chi connectivity index (χ1) is 6.97. The molecule has 1 heterocycles. The maximum absolute atomic E-state index is 10.5. The van der Waals surface area contributed by atoms with Gasteiger partial charge < -0.3 is 10.2 Å². The summed E-state index contributed by atoms with van der Waals surface area (Å²) in [5, 5.41) is 22.1. The molecule has 84 valence electrons. The quantitative estimate of drug-likeness (QED) is 0.859. The molecule has 1 unspecified atom stereocenters.